The van der Waals surface area contributed by atoms with Crippen molar-refractivity contribution in [3.05, 3.63) is 11.1 Å². The fraction of sp³-hybridized carbons (Fsp3) is 0.833. The molecule has 0 aliphatic carbocycles. The zero-order valence-corrected chi connectivity index (χ0v) is 14.8. The van der Waals surface area contributed by atoms with Crippen molar-refractivity contribution in [3.63, 3.8) is 0 Å². The van der Waals surface area contributed by atoms with E-state index in [1.165, 1.54) is 88.1 Å². The minimum absolute atomic E-state index is 0.704. The van der Waals surface area contributed by atoms with Crippen LogP contribution in [0.5, 0.6) is 0 Å². The molecule has 1 saturated heterocycles. The van der Waals surface area contributed by atoms with Crippen LogP contribution < -0.4 is 4.90 Å². The second-order valence-electron chi connectivity index (χ2n) is 6.44. The molecule has 0 spiro atoms. The molecule has 0 amide bonds. The van der Waals surface area contributed by atoms with Crippen molar-refractivity contribution in [1.29, 1.82) is 0 Å². The Kier molecular flexibility index (Phi) is 7.56. The van der Waals surface area contributed by atoms with E-state index in [2.05, 4.69) is 24.1 Å². The van der Waals surface area contributed by atoms with Gasteiger partial charge in [0, 0.05) is 24.4 Å². The molecule has 1 aliphatic heterocycles. The molecule has 0 saturated carbocycles. The van der Waals surface area contributed by atoms with Gasteiger partial charge in [-0.15, -0.1) is 11.3 Å². The van der Waals surface area contributed by atoms with Gasteiger partial charge in [-0.2, -0.15) is 0 Å². The van der Waals surface area contributed by atoms with Gasteiger partial charge in [0.2, 0.25) is 0 Å². The van der Waals surface area contributed by atoms with Crippen molar-refractivity contribution >= 4 is 16.5 Å². The highest BCUT2D eigenvalue weighted by molar-refractivity contribution is 7.13. The van der Waals surface area contributed by atoms with E-state index in [1.807, 2.05) is 11.3 Å². The number of hydrogen-bond acceptors (Lipinski definition) is 3. The van der Waals surface area contributed by atoms with E-state index < -0.39 is 0 Å². The summed E-state index contributed by atoms with van der Waals surface area (Å²) >= 11 is 1.87. The van der Waals surface area contributed by atoms with Gasteiger partial charge in [-0.05, 0) is 25.7 Å². The van der Waals surface area contributed by atoms with Crippen LogP contribution in [0.15, 0.2) is 5.38 Å². The first kappa shape index (κ1) is 16.8. The Labute approximate surface area is 135 Å². The summed E-state index contributed by atoms with van der Waals surface area (Å²) in [6, 6.07) is 0. The zero-order valence-electron chi connectivity index (χ0n) is 13.9. The first-order chi connectivity index (χ1) is 10.3. The normalized spacial score (nSPS) is 15.3. The molecule has 0 N–H and O–H groups in total. The van der Waals surface area contributed by atoms with Gasteiger partial charge >= 0.3 is 0 Å². The number of aromatic nitrogens is 1. The summed E-state index contributed by atoms with van der Waals surface area (Å²) in [6.45, 7) is 7.01. The molecular weight excluding hydrogens is 276 g/mol. The maximum Gasteiger partial charge on any atom is 0.185 e. The van der Waals surface area contributed by atoms with E-state index in [1.54, 1.807) is 0 Å². The van der Waals surface area contributed by atoms with Crippen LogP contribution in [0.3, 0.4) is 0 Å². The van der Waals surface area contributed by atoms with Crippen LogP contribution >= 0.6 is 11.3 Å². The summed E-state index contributed by atoms with van der Waals surface area (Å²) in [5.74, 6) is 0.704. The molecule has 0 atom stereocenters. The topological polar surface area (TPSA) is 16.1 Å². The van der Waals surface area contributed by atoms with Gasteiger partial charge in [0.1, 0.15) is 0 Å². The lowest BCUT2D eigenvalue weighted by Gasteiger charge is -2.16. The third kappa shape index (κ3) is 5.28. The Balaban J connectivity index is 1.93. The summed E-state index contributed by atoms with van der Waals surface area (Å²) < 4.78 is 0. The van der Waals surface area contributed by atoms with Crippen molar-refractivity contribution in [1.82, 2.24) is 4.98 Å². The lowest BCUT2D eigenvalue weighted by molar-refractivity contribution is 0.499. The molecule has 0 unspecified atom stereocenters. The minimum atomic E-state index is 0.704. The fourth-order valence-corrected chi connectivity index (χ4v) is 4.20. The molecule has 2 rings (SSSR count). The van der Waals surface area contributed by atoms with E-state index in [0.717, 1.165) is 0 Å². The monoisotopic (exact) mass is 308 g/mol. The molecule has 1 aromatic rings. The van der Waals surface area contributed by atoms with Crippen LogP contribution in [0.1, 0.15) is 89.7 Å². The summed E-state index contributed by atoms with van der Waals surface area (Å²) in [5, 5.41) is 3.62. The molecule has 0 aromatic carbocycles. The summed E-state index contributed by atoms with van der Waals surface area (Å²) in [6.07, 6.45) is 13.4. The second-order valence-corrected chi connectivity index (χ2v) is 7.27. The van der Waals surface area contributed by atoms with Crippen LogP contribution in [0, 0.1) is 0 Å². The van der Waals surface area contributed by atoms with Crippen molar-refractivity contribution < 1.29 is 0 Å². The van der Waals surface area contributed by atoms with Crippen LogP contribution in [0.2, 0.25) is 0 Å². The lowest BCUT2D eigenvalue weighted by atomic mass is 9.93. The average molecular weight is 309 g/mol. The molecule has 1 aromatic heterocycles. The van der Waals surface area contributed by atoms with E-state index >= 15 is 0 Å². The number of hydrogen-bond donors (Lipinski definition) is 0. The van der Waals surface area contributed by atoms with Crippen LogP contribution in [-0.2, 0) is 0 Å². The zero-order chi connectivity index (χ0) is 14.9. The maximum absolute atomic E-state index is 4.99. The average Bonchev–Trinajstić information content (AvgIpc) is 3.16. The minimum Gasteiger partial charge on any atom is -0.348 e. The Morgan fingerprint density at radius 2 is 1.67 bits per heavy atom. The Bertz CT molecular complexity index is 372. The summed E-state index contributed by atoms with van der Waals surface area (Å²) in [7, 11) is 0. The molecule has 1 aliphatic rings. The van der Waals surface area contributed by atoms with Gasteiger partial charge in [0.05, 0.1) is 5.69 Å². The molecule has 2 nitrogen and oxygen atoms in total. The predicted molar refractivity (Wildman–Crippen MR) is 94.6 cm³/mol. The van der Waals surface area contributed by atoms with Gasteiger partial charge in [-0.1, -0.05) is 52.4 Å². The molecule has 2 heterocycles. The first-order valence-electron chi connectivity index (χ1n) is 9.05. The Morgan fingerprint density at radius 3 is 2.24 bits per heavy atom. The van der Waals surface area contributed by atoms with E-state index in [4.69, 9.17) is 4.98 Å². The summed E-state index contributed by atoms with van der Waals surface area (Å²) in [5.41, 5.74) is 1.38. The quantitative estimate of drug-likeness (QED) is 0.494. The third-order valence-electron chi connectivity index (χ3n) is 4.62. The highest BCUT2D eigenvalue weighted by Gasteiger charge is 2.19. The number of unbranched alkanes of at least 4 members (excludes halogenated alkanes) is 4. The van der Waals surface area contributed by atoms with Crippen molar-refractivity contribution in [2.75, 3.05) is 18.0 Å². The Morgan fingerprint density at radius 1 is 1.05 bits per heavy atom. The van der Waals surface area contributed by atoms with Crippen molar-refractivity contribution in [2.45, 2.75) is 84.0 Å². The third-order valence-corrected chi connectivity index (χ3v) is 5.54. The Hall–Kier alpha value is -0.570. The number of rotatable bonds is 10. The van der Waals surface area contributed by atoms with Gasteiger partial charge in [-0.25, -0.2) is 4.98 Å². The molecule has 21 heavy (non-hydrogen) atoms. The largest absolute Gasteiger partial charge is 0.348 e. The first-order valence-corrected chi connectivity index (χ1v) is 9.93. The lowest BCUT2D eigenvalue weighted by Crippen LogP contribution is -2.17. The molecular formula is C18H32N2S. The van der Waals surface area contributed by atoms with Crippen LogP contribution in [0.4, 0.5) is 5.13 Å². The maximum atomic E-state index is 4.99. The van der Waals surface area contributed by atoms with Gasteiger partial charge in [-0.3, -0.25) is 0 Å². The predicted octanol–water partition coefficient (Wildman–Crippen LogP) is 5.99. The van der Waals surface area contributed by atoms with Crippen LogP contribution in [0.25, 0.3) is 0 Å². The van der Waals surface area contributed by atoms with Crippen LogP contribution in [-0.4, -0.2) is 18.1 Å². The van der Waals surface area contributed by atoms with Gasteiger partial charge < -0.3 is 4.90 Å². The van der Waals surface area contributed by atoms with E-state index in [-0.39, 0.29) is 0 Å². The number of thiazole rings is 1. The molecule has 0 bridgehead atoms. The number of anilines is 1. The SMILES string of the molecule is CCCCCC(CCCCC)c1csc(N2CCCC2)n1. The van der Waals surface area contributed by atoms with Gasteiger partial charge in [0.15, 0.2) is 5.13 Å². The van der Waals surface area contributed by atoms with E-state index in [0.29, 0.717) is 5.92 Å². The standard InChI is InChI=1S/C18H32N2S/c1-3-5-7-11-16(12-8-6-4-2)17-15-21-18(19-17)20-13-9-10-14-20/h15-16H,3-14H2,1-2H3. The van der Waals surface area contributed by atoms with E-state index in [9.17, 15) is 0 Å². The molecule has 1 fully saturated rings. The molecule has 0 radical (unpaired) electrons. The molecule has 3 heteroatoms. The highest BCUT2D eigenvalue weighted by Crippen LogP contribution is 2.33. The van der Waals surface area contributed by atoms with Gasteiger partial charge in [0.25, 0.3) is 0 Å². The second kappa shape index (κ2) is 9.45. The fourth-order valence-electron chi connectivity index (χ4n) is 3.24. The van der Waals surface area contributed by atoms with Crippen molar-refractivity contribution in [2.24, 2.45) is 0 Å². The van der Waals surface area contributed by atoms with Crippen molar-refractivity contribution in [3.8, 4) is 0 Å². The summed E-state index contributed by atoms with van der Waals surface area (Å²) in [4.78, 5) is 7.47. The highest BCUT2D eigenvalue weighted by atomic mass is 32.1. The smallest absolute Gasteiger partial charge is 0.185 e. The molecule has 120 valence electrons. The number of nitrogens with zero attached hydrogens (tertiary/aromatic N) is 2.